The summed E-state index contributed by atoms with van der Waals surface area (Å²) in [6.45, 7) is 5.74. The maximum absolute atomic E-state index is 13.1. The Bertz CT molecular complexity index is 415. The van der Waals surface area contributed by atoms with Gasteiger partial charge in [-0.05, 0) is 44.0 Å². The minimum absolute atomic E-state index is 0.244. The van der Waals surface area contributed by atoms with E-state index in [1.165, 1.54) is 6.07 Å². The molecule has 3 nitrogen and oxygen atoms in total. The molecule has 0 saturated heterocycles. The lowest BCUT2D eigenvalue weighted by atomic mass is 10.0. The van der Waals surface area contributed by atoms with Crippen molar-refractivity contribution in [1.29, 1.82) is 5.26 Å². The van der Waals surface area contributed by atoms with Crippen molar-refractivity contribution in [2.24, 2.45) is 0 Å². The molecule has 1 atom stereocenters. The van der Waals surface area contributed by atoms with Gasteiger partial charge in [0.1, 0.15) is 11.9 Å². The van der Waals surface area contributed by atoms with Gasteiger partial charge in [0, 0.05) is 13.2 Å². The third-order valence-corrected chi connectivity index (χ3v) is 2.66. The Kier molecular flexibility index (Phi) is 6.34. The number of hydrogen-bond donors (Lipinski definition) is 1. The fraction of sp³-hybridized carbons (Fsp3) is 0.500. The minimum atomic E-state index is -0.397. The van der Waals surface area contributed by atoms with Crippen LogP contribution >= 0.6 is 0 Å². The summed E-state index contributed by atoms with van der Waals surface area (Å²) in [6, 6.07) is 6.54. The topological polar surface area (TPSA) is 45.0 Å². The van der Waals surface area contributed by atoms with Crippen LogP contribution in [-0.2, 0) is 4.74 Å². The lowest BCUT2D eigenvalue weighted by Crippen LogP contribution is -2.22. The predicted molar refractivity (Wildman–Crippen MR) is 68.6 cm³/mol. The molecule has 0 heterocycles. The van der Waals surface area contributed by atoms with E-state index in [4.69, 9.17) is 10.00 Å². The summed E-state index contributed by atoms with van der Waals surface area (Å²) in [4.78, 5) is 0. The normalized spacial score (nSPS) is 12.1. The van der Waals surface area contributed by atoms with Crippen molar-refractivity contribution in [2.75, 3.05) is 19.8 Å². The van der Waals surface area contributed by atoms with E-state index in [1.807, 2.05) is 6.92 Å². The second-order valence-corrected chi connectivity index (χ2v) is 4.08. The molecule has 1 aromatic rings. The van der Waals surface area contributed by atoms with Gasteiger partial charge in [0.2, 0.25) is 0 Å². The highest BCUT2D eigenvalue weighted by Gasteiger charge is 2.10. The van der Waals surface area contributed by atoms with Crippen LogP contribution in [0.1, 0.15) is 30.5 Å². The first kappa shape index (κ1) is 14.6. The van der Waals surface area contributed by atoms with E-state index in [1.54, 1.807) is 19.1 Å². The smallest absolute Gasteiger partial charge is 0.126 e. The molecule has 18 heavy (non-hydrogen) atoms. The number of nitrogens with one attached hydrogen (secondary N) is 1. The summed E-state index contributed by atoms with van der Waals surface area (Å²) in [6.07, 6.45) is 0.853. The molecule has 0 fully saturated rings. The number of nitrogens with zero attached hydrogens (tertiary/aromatic N) is 1. The molecule has 1 aromatic carbocycles. The first-order valence-electron chi connectivity index (χ1n) is 6.15. The zero-order chi connectivity index (χ0) is 13.4. The number of nitriles is 1. The quantitative estimate of drug-likeness (QED) is 0.757. The van der Waals surface area contributed by atoms with Crippen molar-refractivity contribution in [3.05, 3.63) is 35.1 Å². The highest BCUT2D eigenvalue weighted by Crippen LogP contribution is 2.16. The first-order valence-corrected chi connectivity index (χ1v) is 6.15. The highest BCUT2D eigenvalue weighted by atomic mass is 19.1. The average Bonchev–Trinajstić information content (AvgIpc) is 2.37. The summed E-state index contributed by atoms with van der Waals surface area (Å²) >= 11 is 0. The number of benzene rings is 1. The highest BCUT2D eigenvalue weighted by molar-refractivity contribution is 5.29. The van der Waals surface area contributed by atoms with Gasteiger partial charge in [-0.15, -0.1) is 0 Å². The predicted octanol–water partition coefficient (Wildman–Crippen LogP) is 2.72. The summed E-state index contributed by atoms with van der Waals surface area (Å²) in [5, 5.41) is 12.2. The van der Waals surface area contributed by atoms with Gasteiger partial charge >= 0.3 is 0 Å². The van der Waals surface area contributed by atoms with Crippen LogP contribution in [0, 0.1) is 24.1 Å². The molecule has 0 bridgehead atoms. The van der Waals surface area contributed by atoms with E-state index in [0.29, 0.717) is 25.3 Å². The van der Waals surface area contributed by atoms with Crippen LogP contribution in [0.25, 0.3) is 0 Å². The molecule has 1 rings (SSSR count). The van der Waals surface area contributed by atoms with Gasteiger partial charge in [-0.1, -0.05) is 12.1 Å². The van der Waals surface area contributed by atoms with Crippen LogP contribution < -0.4 is 5.32 Å². The Hall–Kier alpha value is -1.44. The number of hydrogen-bond acceptors (Lipinski definition) is 3. The zero-order valence-electron chi connectivity index (χ0n) is 10.9. The van der Waals surface area contributed by atoms with Crippen LogP contribution in [0.3, 0.4) is 0 Å². The van der Waals surface area contributed by atoms with Crippen LogP contribution in [-0.4, -0.2) is 19.8 Å². The van der Waals surface area contributed by atoms with E-state index in [0.717, 1.165) is 12.0 Å². The Labute approximate surface area is 108 Å². The van der Waals surface area contributed by atoms with Gasteiger partial charge in [-0.3, -0.25) is 5.32 Å². The third kappa shape index (κ3) is 4.44. The summed E-state index contributed by atoms with van der Waals surface area (Å²) in [5.41, 5.74) is 1.36. The molecule has 0 amide bonds. The van der Waals surface area contributed by atoms with Gasteiger partial charge < -0.3 is 4.74 Å². The monoisotopic (exact) mass is 250 g/mol. The van der Waals surface area contributed by atoms with E-state index in [-0.39, 0.29) is 5.82 Å². The van der Waals surface area contributed by atoms with Crippen molar-refractivity contribution in [3.8, 4) is 6.07 Å². The molecule has 98 valence electrons. The van der Waals surface area contributed by atoms with Crippen molar-refractivity contribution in [3.63, 3.8) is 0 Å². The van der Waals surface area contributed by atoms with Crippen molar-refractivity contribution in [1.82, 2.24) is 5.32 Å². The van der Waals surface area contributed by atoms with Crippen molar-refractivity contribution < 1.29 is 9.13 Å². The molecule has 0 aliphatic rings. The van der Waals surface area contributed by atoms with Crippen molar-refractivity contribution in [2.45, 2.75) is 26.3 Å². The lowest BCUT2D eigenvalue weighted by Gasteiger charge is -2.12. The minimum Gasteiger partial charge on any atom is -0.382 e. The molecule has 1 unspecified atom stereocenters. The zero-order valence-corrected chi connectivity index (χ0v) is 10.9. The fourth-order valence-electron chi connectivity index (χ4n) is 1.65. The van der Waals surface area contributed by atoms with Crippen LogP contribution in [0.2, 0.25) is 0 Å². The van der Waals surface area contributed by atoms with Crippen LogP contribution in [0.15, 0.2) is 18.2 Å². The summed E-state index contributed by atoms with van der Waals surface area (Å²) in [5.74, 6) is -0.244. The summed E-state index contributed by atoms with van der Waals surface area (Å²) < 4.78 is 18.4. The maximum Gasteiger partial charge on any atom is 0.126 e. The Morgan fingerprint density at radius 3 is 2.89 bits per heavy atom. The molecule has 1 N–H and O–H groups in total. The number of rotatable bonds is 7. The molecule has 0 radical (unpaired) electrons. The van der Waals surface area contributed by atoms with Crippen molar-refractivity contribution >= 4 is 0 Å². The molecular formula is C14H19FN2O. The fourth-order valence-corrected chi connectivity index (χ4v) is 1.65. The molecule has 0 aliphatic carbocycles. The van der Waals surface area contributed by atoms with E-state index in [9.17, 15) is 4.39 Å². The Balaban J connectivity index is 2.50. The molecular weight excluding hydrogens is 231 g/mol. The Morgan fingerprint density at radius 1 is 1.50 bits per heavy atom. The van der Waals surface area contributed by atoms with E-state index < -0.39 is 6.04 Å². The number of halogens is 1. The largest absolute Gasteiger partial charge is 0.382 e. The maximum atomic E-state index is 13.1. The lowest BCUT2D eigenvalue weighted by molar-refractivity contribution is 0.144. The number of aryl methyl sites for hydroxylation is 1. The van der Waals surface area contributed by atoms with E-state index in [2.05, 4.69) is 11.4 Å². The Morgan fingerprint density at radius 2 is 2.28 bits per heavy atom. The molecule has 0 saturated carbocycles. The third-order valence-electron chi connectivity index (χ3n) is 2.66. The second-order valence-electron chi connectivity index (χ2n) is 4.08. The van der Waals surface area contributed by atoms with Crippen LogP contribution in [0.4, 0.5) is 4.39 Å². The SMILES string of the molecule is CCOCCCNC(C#N)c1ccc(F)c(C)c1. The molecule has 0 aliphatic heterocycles. The first-order chi connectivity index (χ1) is 8.69. The van der Waals surface area contributed by atoms with Gasteiger partial charge in [-0.25, -0.2) is 4.39 Å². The van der Waals surface area contributed by atoms with E-state index >= 15 is 0 Å². The molecule has 0 aromatic heterocycles. The summed E-state index contributed by atoms with van der Waals surface area (Å²) in [7, 11) is 0. The van der Waals surface area contributed by atoms with Gasteiger partial charge in [0.25, 0.3) is 0 Å². The van der Waals surface area contributed by atoms with Gasteiger partial charge in [0.15, 0.2) is 0 Å². The molecule has 4 heteroatoms. The van der Waals surface area contributed by atoms with Gasteiger partial charge in [0.05, 0.1) is 6.07 Å². The average molecular weight is 250 g/mol. The van der Waals surface area contributed by atoms with Gasteiger partial charge in [-0.2, -0.15) is 5.26 Å². The number of ether oxygens (including phenoxy) is 1. The standard InChI is InChI=1S/C14H19FN2O/c1-3-18-8-4-7-17-14(10-16)12-5-6-13(15)11(2)9-12/h5-6,9,14,17H,3-4,7-8H2,1-2H3. The van der Waals surface area contributed by atoms with Crippen LogP contribution in [0.5, 0.6) is 0 Å². The second kappa shape index (κ2) is 7.80. The molecule has 0 spiro atoms.